The number of ether oxygens (including phenoxy) is 2. The van der Waals surface area contributed by atoms with Crippen LogP contribution in [0.1, 0.15) is 41.3 Å². The number of benzene rings is 2. The first-order valence-corrected chi connectivity index (χ1v) is 8.86. The molecule has 134 valence electrons. The second kappa shape index (κ2) is 7.83. The molecule has 0 aliphatic carbocycles. The fraction of sp³-hybridized carbons (Fsp3) is 0.400. The molecule has 0 radical (unpaired) electrons. The smallest absolute Gasteiger partial charge is 0.177 e. The third-order valence-corrected chi connectivity index (χ3v) is 5.11. The van der Waals surface area contributed by atoms with Gasteiger partial charge in [0.1, 0.15) is 5.82 Å². The Balaban J connectivity index is 1.78. The summed E-state index contributed by atoms with van der Waals surface area (Å²) in [7, 11) is 0. The standard InChI is InChI=1S/C20H23ClFNO2/c1-12-10-16(11-13(2)18(12)21)14(3)25-20-19(23-8-9-24-20)15-4-6-17(22)7-5-15/h4-7,10-11,14,19-20,23H,8-9H2,1-3H3/t14-,19+,20-/m1/s1. The van der Waals surface area contributed by atoms with Crippen LogP contribution >= 0.6 is 11.6 Å². The van der Waals surface area contributed by atoms with Crippen molar-refractivity contribution in [3.05, 3.63) is 69.5 Å². The summed E-state index contributed by atoms with van der Waals surface area (Å²) in [6, 6.07) is 10.4. The number of aryl methyl sites for hydroxylation is 2. The largest absolute Gasteiger partial charge is 0.349 e. The van der Waals surface area contributed by atoms with Crippen molar-refractivity contribution >= 4 is 11.6 Å². The zero-order valence-corrected chi connectivity index (χ0v) is 15.4. The maximum atomic E-state index is 13.2. The number of hydrogen-bond acceptors (Lipinski definition) is 3. The maximum absolute atomic E-state index is 13.2. The molecule has 1 aliphatic rings. The lowest BCUT2D eigenvalue weighted by molar-refractivity contribution is -0.200. The van der Waals surface area contributed by atoms with Crippen LogP contribution < -0.4 is 5.32 Å². The predicted molar refractivity (Wildman–Crippen MR) is 97.3 cm³/mol. The van der Waals surface area contributed by atoms with Crippen molar-refractivity contribution in [3.8, 4) is 0 Å². The van der Waals surface area contributed by atoms with Gasteiger partial charge in [0, 0.05) is 11.6 Å². The number of halogens is 2. The highest BCUT2D eigenvalue weighted by Gasteiger charge is 2.30. The highest BCUT2D eigenvalue weighted by molar-refractivity contribution is 6.32. The van der Waals surface area contributed by atoms with Crippen molar-refractivity contribution in [2.24, 2.45) is 0 Å². The number of hydrogen-bond donors (Lipinski definition) is 1. The normalized spacial score (nSPS) is 22.0. The van der Waals surface area contributed by atoms with E-state index in [-0.39, 0.29) is 18.0 Å². The fourth-order valence-electron chi connectivity index (χ4n) is 3.14. The van der Waals surface area contributed by atoms with Crippen LogP contribution in [-0.2, 0) is 9.47 Å². The van der Waals surface area contributed by atoms with Gasteiger partial charge in [0.25, 0.3) is 0 Å². The average Bonchev–Trinajstić information content (AvgIpc) is 2.60. The van der Waals surface area contributed by atoms with Crippen LogP contribution in [0, 0.1) is 19.7 Å². The van der Waals surface area contributed by atoms with Gasteiger partial charge in [-0.2, -0.15) is 0 Å². The lowest BCUT2D eigenvalue weighted by atomic mass is 10.0. The van der Waals surface area contributed by atoms with Crippen LogP contribution in [0.25, 0.3) is 0 Å². The van der Waals surface area contributed by atoms with E-state index in [9.17, 15) is 4.39 Å². The molecule has 5 heteroatoms. The molecule has 0 amide bonds. The monoisotopic (exact) mass is 363 g/mol. The zero-order valence-electron chi connectivity index (χ0n) is 14.7. The van der Waals surface area contributed by atoms with Gasteiger partial charge in [0.05, 0.1) is 18.8 Å². The molecule has 1 aliphatic heterocycles. The molecule has 3 atom stereocenters. The van der Waals surface area contributed by atoms with Gasteiger partial charge >= 0.3 is 0 Å². The summed E-state index contributed by atoms with van der Waals surface area (Å²) in [6.45, 7) is 7.29. The molecule has 0 spiro atoms. The summed E-state index contributed by atoms with van der Waals surface area (Å²) in [4.78, 5) is 0. The summed E-state index contributed by atoms with van der Waals surface area (Å²) in [5.74, 6) is -0.251. The Kier molecular flexibility index (Phi) is 5.74. The van der Waals surface area contributed by atoms with Gasteiger partial charge in [0.2, 0.25) is 0 Å². The third kappa shape index (κ3) is 4.21. The van der Waals surface area contributed by atoms with E-state index in [1.807, 2.05) is 32.9 Å². The number of morpholine rings is 1. The number of nitrogens with one attached hydrogen (secondary N) is 1. The van der Waals surface area contributed by atoms with E-state index in [4.69, 9.17) is 21.1 Å². The van der Waals surface area contributed by atoms with Crippen LogP contribution in [0.4, 0.5) is 4.39 Å². The summed E-state index contributed by atoms with van der Waals surface area (Å²) in [5, 5.41) is 4.19. The topological polar surface area (TPSA) is 30.5 Å². The fourth-order valence-corrected chi connectivity index (χ4v) is 3.25. The molecule has 25 heavy (non-hydrogen) atoms. The minimum atomic E-state index is -0.439. The van der Waals surface area contributed by atoms with E-state index in [1.165, 1.54) is 12.1 Å². The van der Waals surface area contributed by atoms with Gasteiger partial charge in [-0.1, -0.05) is 35.9 Å². The van der Waals surface area contributed by atoms with Crippen molar-refractivity contribution in [1.82, 2.24) is 5.32 Å². The molecule has 0 saturated carbocycles. The molecule has 0 bridgehead atoms. The summed E-state index contributed by atoms with van der Waals surface area (Å²) in [5.41, 5.74) is 4.07. The molecule has 0 aromatic heterocycles. The molecule has 2 aromatic rings. The molecule has 1 N–H and O–H groups in total. The average molecular weight is 364 g/mol. The molecular formula is C20H23ClFNO2. The second-order valence-electron chi connectivity index (χ2n) is 6.47. The van der Waals surface area contributed by atoms with Crippen molar-refractivity contribution in [1.29, 1.82) is 0 Å². The first-order chi connectivity index (χ1) is 12.0. The SMILES string of the molecule is Cc1cc([C@@H](C)O[C@H]2OCCN[C@H]2c2ccc(F)cc2)cc(C)c1Cl. The molecule has 2 aromatic carbocycles. The molecule has 1 heterocycles. The lowest BCUT2D eigenvalue weighted by Crippen LogP contribution is -2.43. The summed E-state index contributed by atoms with van der Waals surface area (Å²) < 4.78 is 25.2. The van der Waals surface area contributed by atoms with Gasteiger partial charge in [0.15, 0.2) is 6.29 Å². The second-order valence-corrected chi connectivity index (χ2v) is 6.85. The van der Waals surface area contributed by atoms with Crippen LogP contribution in [0.15, 0.2) is 36.4 Å². The first kappa shape index (κ1) is 18.3. The van der Waals surface area contributed by atoms with Gasteiger partial charge in [-0.05, 0) is 55.2 Å². The Labute approximate surface area is 153 Å². The van der Waals surface area contributed by atoms with Crippen molar-refractivity contribution in [2.45, 2.75) is 39.2 Å². The van der Waals surface area contributed by atoms with E-state index in [2.05, 4.69) is 5.32 Å². The molecule has 0 unspecified atom stereocenters. The predicted octanol–water partition coefficient (Wildman–Crippen LogP) is 4.86. The third-order valence-electron chi connectivity index (χ3n) is 4.52. The summed E-state index contributed by atoms with van der Waals surface area (Å²) >= 11 is 6.26. The lowest BCUT2D eigenvalue weighted by Gasteiger charge is -2.34. The van der Waals surface area contributed by atoms with Gasteiger partial charge in [-0.15, -0.1) is 0 Å². The van der Waals surface area contributed by atoms with E-state index in [0.29, 0.717) is 6.61 Å². The van der Waals surface area contributed by atoms with Crippen LogP contribution in [-0.4, -0.2) is 19.4 Å². The molecule has 1 saturated heterocycles. The molecule has 3 nitrogen and oxygen atoms in total. The number of rotatable bonds is 4. The quantitative estimate of drug-likeness (QED) is 0.841. The van der Waals surface area contributed by atoms with E-state index < -0.39 is 6.29 Å². The maximum Gasteiger partial charge on any atom is 0.177 e. The van der Waals surface area contributed by atoms with E-state index >= 15 is 0 Å². The Hall–Kier alpha value is -1.46. The minimum absolute atomic E-state index is 0.133. The molecule has 3 rings (SSSR count). The summed E-state index contributed by atoms with van der Waals surface area (Å²) in [6.07, 6.45) is -0.590. The van der Waals surface area contributed by atoms with E-state index in [1.54, 1.807) is 12.1 Å². The minimum Gasteiger partial charge on any atom is -0.349 e. The van der Waals surface area contributed by atoms with Gasteiger partial charge in [-0.3, -0.25) is 0 Å². The van der Waals surface area contributed by atoms with E-state index in [0.717, 1.165) is 33.8 Å². The highest BCUT2D eigenvalue weighted by Crippen LogP contribution is 2.31. The van der Waals surface area contributed by atoms with Crippen LogP contribution in [0.2, 0.25) is 5.02 Å². The van der Waals surface area contributed by atoms with Crippen molar-refractivity contribution < 1.29 is 13.9 Å². The van der Waals surface area contributed by atoms with Crippen LogP contribution in [0.5, 0.6) is 0 Å². The Morgan fingerprint density at radius 2 is 1.84 bits per heavy atom. The van der Waals surface area contributed by atoms with Crippen LogP contribution in [0.3, 0.4) is 0 Å². The van der Waals surface area contributed by atoms with Gasteiger partial charge in [-0.25, -0.2) is 4.39 Å². The Morgan fingerprint density at radius 1 is 1.20 bits per heavy atom. The van der Waals surface area contributed by atoms with Crippen molar-refractivity contribution in [3.63, 3.8) is 0 Å². The first-order valence-electron chi connectivity index (χ1n) is 8.48. The van der Waals surface area contributed by atoms with Crippen molar-refractivity contribution in [2.75, 3.05) is 13.2 Å². The molecular weight excluding hydrogens is 341 g/mol. The zero-order chi connectivity index (χ0) is 18.0. The molecule has 1 fully saturated rings. The Bertz CT molecular complexity index is 712. The van der Waals surface area contributed by atoms with Gasteiger partial charge < -0.3 is 14.8 Å². The highest BCUT2D eigenvalue weighted by atomic mass is 35.5. The Morgan fingerprint density at radius 3 is 2.48 bits per heavy atom.